The van der Waals surface area contributed by atoms with Crippen molar-refractivity contribution < 1.29 is 9.53 Å². The van der Waals surface area contributed by atoms with E-state index in [9.17, 15) is 4.79 Å². The third-order valence-corrected chi connectivity index (χ3v) is 2.05. The molecule has 4 heteroatoms. The summed E-state index contributed by atoms with van der Waals surface area (Å²) in [6, 6.07) is 0.106. The highest BCUT2D eigenvalue weighted by Gasteiger charge is 2.37. The van der Waals surface area contributed by atoms with E-state index in [1.165, 1.54) is 0 Å². The Labute approximate surface area is 78.8 Å². The molecule has 0 aliphatic carbocycles. The van der Waals surface area contributed by atoms with Gasteiger partial charge in [-0.05, 0) is 20.8 Å². The molecule has 76 valence electrons. The first-order chi connectivity index (χ1) is 5.94. The van der Waals surface area contributed by atoms with Gasteiger partial charge in [0.2, 0.25) is 0 Å². The minimum absolute atomic E-state index is 0.0516. The Balaban J connectivity index is 2.40. The number of nitrogens with one attached hydrogen (secondary N) is 1. The molecule has 0 radical (unpaired) electrons. The molecule has 0 aromatic heterocycles. The third kappa shape index (κ3) is 2.67. The lowest BCUT2D eigenvalue weighted by Gasteiger charge is -2.36. The molecule has 0 amide bonds. The molecule has 1 heterocycles. The van der Waals surface area contributed by atoms with E-state index in [-0.39, 0.29) is 17.9 Å². The first-order valence-corrected chi connectivity index (χ1v) is 4.60. The molecule has 0 saturated carbocycles. The summed E-state index contributed by atoms with van der Waals surface area (Å²) >= 11 is 0. The fourth-order valence-electron chi connectivity index (χ4n) is 1.28. The Morgan fingerprint density at radius 2 is 2.23 bits per heavy atom. The van der Waals surface area contributed by atoms with E-state index in [1.807, 2.05) is 20.8 Å². The maximum absolute atomic E-state index is 11.5. The van der Waals surface area contributed by atoms with Gasteiger partial charge in [-0.2, -0.15) is 0 Å². The van der Waals surface area contributed by atoms with Gasteiger partial charge in [-0.1, -0.05) is 0 Å². The van der Waals surface area contributed by atoms with Crippen molar-refractivity contribution in [1.82, 2.24) is 5.32 Å². The Hall–Kier alpha value is -0.610. The monoisotopic (exact) mass is 186 g/mol. The highest BCUT2D eigenvalue weighted by molar-refractivity contribution is 5.75. The summed E-state index contributed by atoms with van der Waals surface area (Å²) in [7, 11) is 0. The van der Waals surface area contributed by atoms with Crippen LogP contribution < -0.4 is 11.1 Å². The number of carbonyl (C=O) groups is 1. The quantitative estimate of drug-likeness (QED) is 0.590. The first kappa shape index (κ1) is 10.5. The Morgan fingerprint density at radius 3 is 2.54 bits per heavy atom. The highest BCUT2D eigenvalue weighted by Crippen LogP contribution is 2.18. The predicted octanol–water partition coefficient (Wildman–Crippen LogP) is -0.125. The second kappa shape index (κ2) is 3.64. The molecule has 3 N–H and O–H groups in total. The van der Waals surface area contributed by atoms with E-state index in [4.69, 9.17) is 10.5 Å². The molecule has 1 saturated heterocycles. The van der Waals surface area contributed by atoms with Gasteiger partial charge in [0.1, 0.15) is 5.60 Å². The van der Waals surface area contributed by atoms with Gasteiger partial charge in [-0.25, -0.2) is 0 Å². The molecule has 1 aliphatic heterocycles. The molecular formula is C9H18N2O2. The molecule has 0 aromatic carbocycles. The van der Waals surface area contributed by atoms with Crippen molar-refractivity contribution in [3.05, 3.63) is 0 Å². The third-order valence-electron chi connectivity index (χ3n) is 2.05. The summed E-state index contributed by atoms with van der Waals surface area (Å²) in [5.41, 5.74) is 5.06. The van der Waals surface area contributed by atoms with E-state index >= 15 is 0 Å². The van der Waals surface area contributed by atoms with Crippen LogP contribution in [0.15, 0.2) is 0 Å². The van der Waals surface area contributed by atoms with Crippen LogP contribution in [0, 0.1) is 5.92 Å². The highest BCUT2D eigenvalue weighted by atomic mass is 16.6. The normalized spacial score (nSPS) is 28.0. The number of hydrogen-bond donors (Lipinski definition) is 2. The average molecular weight is 186 g/mol. The van der Waals surface area contributed by atoms with Crippen LogP contribution in [0.25, 0.3) is 0 Å². The second-order valence-electron chi connectivity index (χ2n) is 4.39. The van der Waals surface area contributed by atoms with E-state index in [1.54, 1.807) is 0 Å². The Bertz CT molecular complexity index is 196. The van der Waals surface area contributed by atoms with E-state index in [2.05, 4.69) is 5.32 Å². The van der Waals surface area contributed by atoms with Crippen molar-refractivity contribution in [3.8, 4) is 0 Å². The Kier molecular flexibility index (Phi) is 2.93. The predicted molar refractivity (Wildman–Crippen MR) is 50.2 cm³/mol. The lowest BCUT2D eigenvalue weighted by atomic mass is 9.92. The van der Waals surface area contributed by atoms with Gasteiger partial charge < -0.3 is 15.8 Å². The summed E-state index contributed by atoms with van der Waals surface area (Å²) in [5, 5.41) is 3.09. The number of rotatable bonds is 2. The van der Waals surface area contributed by atoms with Gasteiger partial charge in [-0.3, -0.25) is 4.79 Å². The molecule has 0 spiro atoms. The van der Waals surface area contributed by atoms with Crippen LogP contribution >= 0.6 is 0 Å². The molecule has 1 fully saturated rings. The first-order valence-electron chi connectivity index (χ1n) is 4.60. The number of nitrogens with two attached hydrogens (primary N) is 1. The van der Waals surface area contributed by atoms with Crippen molar-refractivity contribution in [2.24, 2.45) is 11.7 Å². The largest absolute Gasteiger partial charge is 0.460 e. The fraction of sp³-hybridized carbons (Fsp3) is 0.889. The summed E-state index contributed by atoms with van der Waals surface area (Å²) < 4.78 is 5.24. The maximum atomic E-state index is 11.5. The molecule has 2 atom stereocenters. The smallest absolute Gasteiger partial charge is 0.312 e. The summed E-state index contributed by atoms with van der Waals surface area (Å²) in [6.07, 6.45) is 0. The second-order valence-corrected chi connectivity index (χ2v) is 4.39. The van der Waals surface area contributed by atoms with Gasteiger partial charge in [0, 0.05) is 19.1 Å². The van der Waals surface area contributed by atoms with Crippen molar-refractivity contribution >= 4 is 5.97 Å². The molecule has 2 unspecified atom stereocenters. The van der Waals surface area contributed by atoms with Gasteiger partial charge in [0.25, 0.3) is 0 Å². The van der Waals surface area contributed by atoms with Crippen molar-refractivity contribution in [2.45, 2.75) is 32.4 Å². The zero-order chi connectivity index (χ0) is 10.1. The molecular weight excluding hydrogens is 168 g/mol. The molecule has 13 heavy (non-hydrogen) atoms. The lowest BCUT2D eigenvalue weighted by molar-refractivity contribution is -0.163. The lowest BCUT2D eigenvalue weighted by Crippen LogP contribution is -2.60. The van der Waals surface area contributed by atoms with Crippen molar-refractivity contribution in [1.29, 1.82) is 0 Å². The van der Waals surface area contributed by atoms with Crippen LogP contribution in [-0.2, 0) is 9.53 Å². The SMILES string of the molecule is CC(C)(C)OC(=O)C1CNC1CN. The van der Waals surface area contributed by atoms with E-state index in [0.717, 1.165) is 0 Å². The van der Waals surface area contributed by atoms with Crippen molar-refractivity contribution in [3.63, 3.8) is 0 Å². The maximum Gasteiger partial charge on any atom is 0.312 e. The van der Waals surface area contributed by atoms with E-state index < -0.39 is 5.60 Å². The summed E-state index contributed by atoms with van der Waals surface area (Å²) in [6.45, 7) is 6.79. The van der Waals surface area contributed by atoms with Gasteiger partial charge in [-0.15, -0.1) is 0 Å². The Morgan fingerprint density at radius 1 is 1.62 bits per heavy atom. The van der Waals surface area contributed by atoms with Crippen LogP contribution in [0.1, 0.15) is 20.8 Å². The molecule has 1 rings (SSSR count). The number of hydrogen-bond acceptors (Lipinski definition) is 4. The summed E-state index contributed by atoms with van der Waals surface area (Å²) in [5.74, 6) is -0.189. The van der Waals surface area contributed by atoms with Crippen LogP contribution in [-0.4, -0.2) is 30.7 Å². The topological polar surface area (TPSA) is 64.3 Å². The van der Waals surface area contributed by atoms with E-state index in [0.29, 0.717) is 13.1 Å². The van der Waals surface area contributed by atoms with Gasteiger partial charge in [0.15, 0.2) is 0 Å². The van der Waals surface area contributed by atoms with Crippen LogP contribution in [0.4, 0.5) is 0 Å². The number of carbonyl (C=O) groups excluding carboxylic acids is 1. The molecule has 1 aliphatic rings. The molecule has 0 aromatic rings. The summed E-state index contributed by atoms with van der Waals surface area (Å²) in [4.78, 5) is 11.5. The average Bonchev–Trinajstić information content (AvgIpc) is 1.80. The van der Waals surface area contributed by atoms with Gasteiger partial charge >= 0.3 is 5.97 Å². The standard InChI is InChI=1S/C9H18N2O2/c1-9(2,3)13-8(12)6-5-11-7(6)4-10/h6-7,11H,4-5,10H2,1-3H3. The minimum atomic E-state index is -0.397. The van der Waals surface area contributed by atoms with Crippen LogP contribution in [0.2, 0.25) is 0 Å². The fourth-order valence-corrected chi connectivity index (χ4v) is 1.28. The molecule has 4 nitrogen and oxygen atoms in total. The van der Waals surface area contributed by atoms with Crippen molar-refractivity contribution in [2.75, 3.05) is 13.1 Å². The van der Waals surface area contributed by atoms with Gasteiger partial charge in [0.05, 0.1) is 5.92 Å². The number of ether oxygens (including phenoxy) is 1. The zero-order valence-electron chi connectivity index (χ0n) is 8.46. The molecule has 0 bridgehead atoms. The minimum Gasteiger partial charge on any atom is -0.460 e. The zero-order valence-corrected chi connectivity index (χ0v) is 8.46. The van der Waals surface area contributed by atoms with Crippen LogP contribution in [0.5, 0.6) is 0 Å². The van der Waals surface area contributed by atoms with Crippen LogP contribution in [0.3, 0.4) is 0 Å². The number of esters is 1.